The van der Waals surface area contributed by atoms with Crippen LogP contribution in [0.2, 0.25) is 0 Å². The first-order chi connectivity index (χ1) is 10.1. The highest BCUT2D eigenvalue weighted by molar-refractivity contribution is 6.03. The maximum atomic E-state index is 12.3. The van der Waals surface area contributed by atoms with Gasteiger partial charge in [-0.2, -0.15) is 0 Å². The molecule has 0 saturated carbocycles. The van der Waals surface area contributed by atoms with E-state index in [4.69, 9.17) is 5.73 Å². The molecule has 1 heterocycles. The molecule has 4 nitrogen and oxygen atoms in total. The molecule has 0 radical (unpaired) electrons. The number of carbonyl (C=O) groups is 1. The summed E-state index contributed by atoms with van der Waals surface area (Å²) in [6.07, 6.45) is 1.14. The van der Waals surface area contributed by atoms with Crippen molar-refractivity contribution in [3.8, 4) is 0 Å². The monoisotopic (exact) mass is 283 g/mol. The molecule has 1 aliphatic heterocycles. The van der Waals surface area contributed by atoms with Crippen LogP contribution in [-0.2, 0) is 0 Å². The Morgan fingerprint density at radius 3 is 2.71 bits per heavy atom. The Balaban J connectivity index is 1.73. The highest BCUT2D eigenvalue weighted by Gasteiger charge is 2.20. The largest absolute Gasteiger partial charge is 0.398 e. The zero-order valence-electron chi connectivity index (χ0n) is 12.3. The lowest BCUT2D eigenvalue weighted by atomic mass is 10.0. The molecule has 1 fully saturated rings. The molecule has 0 aromatic heterocycles. The van der Waals surface area contributed by atoms with Crippen molar-refractivity contribution in [2.24, 2.45) is 5.92 Å². The number of hydrogen-bond donors (Lipinski definition) is 2. The van der Waals surface area contributed by atoms with Crippen molar-refractivity contribution in [3.63, 3.8) is 0 Å². The summed E-state index contributed by atoms with van der Waals surface area (Å²) in [7, 11) is 2.11. The fourth-order valence-electron chi connectivity index (χ4n) is 2.98. The van der Waals surface area contributed by atoms with Gasteiger partial charge in [-0.05, 0) is 48.8 Å². The van der Waals surface area contributed by atoms with Crippen molar-refractivity contribution in [1.29, 1.82) is 0 Å². The minimum Gasteiger partial charge on any atom is -0.398 e. The molecule has 1 unspecified atom stereocenters. The number of benzene rings is 2. The molecule has 3 N–H and O–H groups in total. The number of hydrogen-bond acceptors (Lipinski definition) is 3. The van der Waals surface area contributed by atoms with E-state index >= 15 is 0 Å². The Morgan fingerprint density at radius 1 is 1.33 bits per heavy atom. The van der Waals surface area contributed by atoms with Gasteiger partial charge >= 0.3 is 0 Å². The summed E-state index contributed by atoms with van der Waals surface area (Å²) < 4.78 is 0. The van der Waals surface area contributed by atoms with Gasteiger partial charge in [0.25, 0.3) is 5.91 Å². The number of nitrogens with one attached hydrogen (secondary N) is 1. The number of nitrogen functional groups attached to an aromatic ring is 1. The third-order valence-corrected chi connectivity index (χ3v) is 4.20. The molecule has 1 amide bonds. The van der Waals surface area contributed by atoms with Crippen LogP contribution in [-0.4, -0.2) is 37.5 Å². The van der Waals surface area contributed by atoms with Gasteiger partial charge in [-0.1, -0.05) is 24.3 Å². The molecule has 1 atom stereocenters. The van der Waals surface area contributed by atoms with E-state index in [2.05, 4.69) is 17.3 Å². The molecule has 0 bridgehead atoms. The average Bonchev–Trinajstić information content (AvgIpc) is 2.89. The predicted molar refractivity (Wildman–Crippen MR) is 86.3 cm³/mol. The van der Waals surface area contributed by atoms with Crippen LogP contribution < -0.4 is 11.1 Å². The van der Waals surface area contributed by atoms with Crippen molar-refractivity contribution >= 4 is 22.4 Å². The number of nitrogens with zero attached hydrogens (tertiary/aromatic N) is 1. The van der Waals surface area contributed by atoms with Gasteiger partial charge in [0, 0.05) is 18.8 Å². The molecule has 2 aromatic carbocycles. The van der Waals surface area contributed by atoms with E-state index in [9.17, 15) is 4.79 Å². The average molecular weight is 283 g/mol. The maximum absolute atomic E-state index is 12.3. The zero-order valence-corrected chi connectivity index (χ0v) is 12.3. The summed E-state index contributed by atoms with van der Waals surface area (Å²) in [5.41, 5.74) is 7.13. The van der Waals surface area contributed by atoms with Crippen LogP contribution in [0.4, 0.5) is 5.69 Å². The quantitative estimate of drug-likeness (QED) is 0.848. The molecule has 21 heavy (non-hydrogen) atoms. The highest BCUT2D eigenvalue weighted by atomic mass is 16.1. The lowest BCUT2D eigenvalue weighted by Gasteiger charge is -2.13. The molecule has 3 rings (SSSR count). The lowest BCUT2D eigenvalue weighted by Crippen LogP contribution is -2.30. The molecule has 0 aliphatic carbocycles. The lowest BCUT2D eigenvalue weighted by molar-refractivity contribution is 0.0948. The van der Waals surface area contributed by atoms with Gasteiger partial charge in [-0.25, -0.2) is 0 Å². The first kappa shape index (κ1) is 13.9. The van der Waals surface area contributed by atoms with Gasteiger partial charge in [-0.3, -0.25) is 4.79 Å². The van der Waals surface area contributed by atoms with E-state index < -0.39 is 0 Å². The molecule has 0 spiro atoms. The van der Waals surface area contributed by atoms with Gasteiger partial charge in [-0.15, -0.1) is 0 Å². The maximum Gasteiger partial charge on any atom is 0.253 e. The van der Waals surface area contributed by atoms with Crippen LogP contribution in [0.25, 0.3) is 10.8 Å². The summed E-state index contributed by atoms with van der Waals surface area (Å²) in [4.78, 5) is 14.6. The van der Waals surface area contributed by atoms with Crippen LogP contribution in [0.1, 0.15) is 16.8 Å². The second-order valence-electron chi connectivity index (χ2n) is 5.91. The smallest absolute Gasteiger partial charge is 0.253 e. The molecule has 1 aliphatic rings. The first-order valence-corrected chi connectivity index (χ1v) is 7.38. The zero-order chi connectivity index (χ0) is 14.8. The summed E-state index contributed by atoms with van der Waals surface area (Å²) in [6, 6.07) is 11.7. The van der Waals surface area contributed by atoms with E-state index in [1.54, 1.807) is 0 Å². The molecule has 1 saturated heterocycles. The SMILES string of the molecule is CN1CCC(CNC(=O)c2cc3ccccc3cc2N)C1. The van der Waals surface area contributed by atoms with Crippen molar-refractivity contribution in [1.82, 2.24) is 10.2 Å². The number of rotatable bonds is 3. The Labute approximate surface area is 124 Å². The molecular formula is C17H21N3O. The van der Waals surface area contributed by atoms with Gasteiger partial charge in [0.15, 0.2) is 0 Å². The third kappa shape index (κ3) is 3.00. The van der Waals surface area contributed by atoms with Gasteiger partial charge in [0.2, 0.25) is 0 Å². The Morgan fingerprint density at radius 2 is 2.05 bits per heavy atom. The normalized spacial score (nSPS) is 19.0. The summed E-state index contributed by atoms with van der Waals surface area (Å²) in [5, 5.41) is 5.12. The fourth-order valence-corrected chi connectivity index (χ4v) is 2.98. The van der Waals surface area contributed by atoms with Crippen LogP contribution >= 0.6 is 0 Å². The van der Waals surface area contributed by atoms with Crippen LogP contribution in [0.15, 0.2) is 36.4 Å². The van der Waals surface area contributed by atoms with Crippen LogP contribution in [0.3, 0.4) is 0 Å². The second kappa shape index (κ2) is 5.74. The fraction of sp³-hybridized carbons (Fsp3) is 0.353. The van der Waals surface area contributed by atoms with E-state index in [0.29, 0.717) is 17.2 Å². The van der Waals surface area contributed by atoms with Crippen molar-refractivity contribution in [3.05, 3.63) is 42.0 Å². The van der Waals surface area contributed by atoms with Crippen molar-refractivity contribution < 1.29 is 4.79 Å². The van der Waals surface area contributed by atoms with Crippen LogP contribution in [0.5, 0.6) is 0 Å². The minimum atomic E-state index is -0.0761. The Hall–Kier alpha value is -2.07. The number of likely N-dealkylation sites (tertiary alicyclic amines) is 1. The molecule has 2 aromatic rings. The van der Waals surface area contributed by atoms with Gasteiger partial charge in [0.05, 0.1) is 5.56 Å². The van der Waals surface area contributed by atoms with Crippen molar-refractivity contribution in [2.45, 2.75) is 6.42 Å². The molecular weight excluding hydrogens is 262 g/mol. The minimum absolute atomic E-state index is 0.0761. The van der Waals surface area contributed by atoms with E-state index in [0.717, 1.165) is 36.8 Å². The molecule has 4 heteroatoms. The highest BCUT2D eigenvalue weighted by Crippen LogP contribution is 2.22. The van der Waals surface area contributed by atoms with Gasteiger partial charge < -0.3 is 16.0 Å². The first-order valence-electron chi connectivity index (χ1n) is 7.38. The Bertz CT molecular complexity index is 668. The van der Waals surface area contributed by atoms with Crippen molar-refractivity contribution in [2.75, 3.05) is 32.4 Å². The number of fused-ring (bicyclic) bond motifs is 1. The van der Waals surface area contributed by atoms with Gasteiger partial charge in [0.1, 0.15) is 0 Å². The number of nitrogens with two attached hydrogens (primary N) is 1. The Kier molecular flexibility index (Phi) is 3.80. The predicted octanol–water partition coefficient (Wildman–Crippen LogP) is 2.10. The van der Waals surface area contributed by atoms with E-state index in [1.165, 1.54) is 0 Å². The third-order valence-electron chi connectivity index (χ3n) is 4.20. The second-order valence-corrected chi connectivity index (χ2v) is 5.91. The van der Waals surface area contributed by atoms with E-state index in [1.807, 2.05) is 36.4 Å². The topological polar surface area (TPSA) is 58.4 Å². The van der Waals surface area contributed by atoms with Crippen LogP contribution in [0, 0.1) is 5.92 Å². The number of carbonyl (C=O) groups excluding carboxylic acids is 1. The summed E-state index contributed by atoms with van der Waals surface area (Å²) in [5.74, 6) is 0.466. The number of anilines is 1. The summed E-state index contributed by atoms with van der Waals surface area (Å²) >= 11 is 0. The number of amides is 1. The summed E-state index contributed by atoms with van der Waals surface area (Å²) in [6.45, 7) is 2.88. The van der Waals surface area contributed by atoms with E-state index in [-0.39, 0.29) is 5.91 Å². The molecule has 110 valence electrons. The standard InChI is InChI=1S/C17H21N3O/c1-20-7-6-12(11-20)10-19-17(21)15-8-13-4-2-3-5-14(13)9-16(15)18/h2-5,8-9,12H,6-7,10-11,18H2,1H3,(H,19,21).